The lowest BCUT2D eigenvalue weighted by atomic mass is 9.98. The van der Waals surface area contributed by atoms with Crippen LogP contribution in [0.15, 0.2) is 30.5 Å². The van der Waals surface area contributed by atoms with Crippen molar-refractivity contribution in [3.05, 3.63) is 36.2 Å². The molecule has 98 valence electrons. The zero-order valence-corrected chi connectivity index (χ0v) is 11.1. The quantitative estimate of drug-likeness (QED) is 0.746. The first-order valence-corrected chi connectivity index (χ1v) is 6.97. The Morgan fingerprint density at radius 2 is 2.33 bits per heavy atom. The lowest BCUT2D eigenvalue weighted by Gasteiger charge is -2.41. The zero-order chi connectivity index (χ0) is 12.4. The van der Waals surface area contributed by atoms with Crippen LogP contribution in [-0.4, -0.2) is 35.3 Å². The summed E-state index contributed by atoms with van der Waals surface area (Å²) < 4.78 is 7.92. The Morgan fingerprint density at radius 3 is 3.06 bits per heavy atom. The Kier molecular flexibility index (Phi) is 3.52. The highest BCUT2D eigenvalue weighted by Gasteiger charge is 2.30. The van der Waals surface area contributed by atoms with Crippen LogP contribution >= 0.6 is 0 Å². The van der Waals surface area contributed by atoms with Crippen LogP contribution in [0.1, 0.15) is 31.0 Å². The summed E-state index contributed by atoms with van der Waals surface area (Å²) in [5.41, 5.74) is 1.37. The van der Waals surface area contributed by atoms with Gasteiger partial charge in [-0.3, -0.25) is 4.90 Å². The number of ether oxygens (including phenoxy) is 1. The molecule has 1 saturated heterocycles. The molecule has 1 aromatic heterocycles. The molecular weight excluding hydrogens is 224 g/mol. The van der Waals surface area contributed by atoms with E-state index in [1.807, 2.05) is 0 Å². The van der Waals surface area contributed by atoms with E-state index in [0.29, 0.717) is 12.1 Å². The van der Waals surface area contributed by atoms with E-state index in [-0.39, 0.29) is 0 Å². The van der Waals surface area contributed by atoms with E-state index in [1.54, 1.807) is 0 Å². The van der Waals surface area contributed by atoms with Gasteiger partial charge < -0.3 is 9.30 Å². The molecule has 2 aliphatic rings. The van der Waals surface area contributed by atoms with Gasteiger partial charge in [0.15, 0.2) is 0 Å². The van der Waals surface area contributed by atoms with Gasteiger partial charge in [0, 0.05) is 31.5 Å². The molecule has 1 fully saturated rings. The van der Waals surface area contributed by atoms with Gasteiger partial charge in [0.1, 0.15) is 0 Å². The van der Waals surface area contributed by atoms with Gasteiger partial charge in [-0.2, -0.15) is 0 Å². The Bertz CT molecular complexity index is 424. The highest BCUT2D eigenvalue weighted by molar-refractivity contribution is 5.14. The molecule has 0 unspecified atom stereocenters. The van der Waals surface area contributed by atoms with Crippen LogP contribution in [-0.2, 0) is 11.8 Å². The van der Waals surface area contributed by atoms with Crippen LogP contribution in [0.3, 0.4) is 0 Å². The molecule has 1 aliphatic carbocycles. The van der Waals surface area contributed by atoms with E-state index in [1.165, 1.54) is 25.0 Å². The fourth-order valence-electron chi connectivity index (χ4n) is 3.16. The second-order valence-corrected chi connectivity index (χ2v) is 5.30. The Balaban J connectivity index is 1.84. The summed E-state index contributed by atoms with van der Waals surface area (Å²) >= 11 is 0. The third kappa shape index (κ3) is 2.25. The predicted molar refractivity (Wildman–Crippen MR) is 72.5 cm³/mol. The van der Waals surface area contributed by atoms with Crippen LogP contribution in [0.25, 0.3) is 0 Å². The molecule has 0 radical (unpaired) electrons. The van der Waals surface area contributed by atoms with E-state index in [2.05, 4.69) is 47.0 Å². The van der Waals surface area contributed by atoms with Crippen LogP contribution in [0, 0.1) is 0 Å². The van der Waals surface area contributed by atoms with E-state index in [4.69, 9.17) is 4.74 Å². The summed E-state index contributed by atoms with van der Waals surface area (Å²) in [5, 5.41) is 0. The molecule has 0 N–H and O–H groups in total. The maximum absolute atomic E-state index is 5.70. The fourth-order valence-corrected chi connectivity index (χ4v) is 3.16. The van der Waals surface area contributed by atoms with E-state index in [9.17, 15) is 0 Å². The summed E-state index contributed by atoms with van der Waals surface area (Å²) in [6.07, 6.45) is 10.7. The number of aromatic nitrogens is 1. The molecule has 3 nitrogen and oxygen atoms in total. The number of rotatable bonds is 2. The number of nitrogens with zero attached hydrogens (tertiary/aromatic N) is 2. The van der Waals surface area contributed by atoms with Crippen molar-refractivity contribution in [2.24, 2.45) is 7.05 Å². The molecule has 1 aromatic rings. The fraction of sp³-hybridized carbons (Fsp3) is 0.600. The van der Waals surface area contributed by atoms with Crippen LogP contribution in [0.2, 0.25) is 0 Å². The maximum Gasteiger partial charge on any atom is 0.0742 e. The number of hydrogen-bond acceptors (Lipinski definition) is 2. The summed E-state index contributed by atoms with van der Waals surface area (Å²) in [6.45, 7) is 2.73. The molecule has 18 heavy (non-hydrogen) atoms. The average molecular weight is 246 g/mol. The topological polar surface area (TPSA) is 17.4 Å². The molecule has 0 spiro atoms. The first-order valence-electron chi connectivity index (χ1n) is 6.97. The largest absolute Gasteiger partial charge is 0.378 e. The second kappa shape index (κ2) is 5.29. The van der Waals surface area contributed by atoms with Crippen molar-refractivity contribution in [2.45, 2.75) is 31.3 Å². The third-order valence-electron chi connectivity index (χ3n) is 4.15. The minimum atomic E-state index is 0.409. The number of morpholine rings is 1. The van der Waals surface area contributed by atoms with Gasteiger partial charge in [-0.25, -0.2) is 0 Å². The summed E-state index contributed by atoms with van der Waals surface area (Å²) in [7, 11) is 2.12. The second-order valence-electron chi connectivity index (χ2n) is 5.30. The van der Waals surface area contributed by atoms with Crippen molar-refractivity contribution in [1.29, 1.82) is 0 Å². The summed E-state index contributed by atoms with van der Waals surface area (Å²) in [6, 6.07) is 5.35. The van der Waals surface area contributed by atoms with Crippen molar-refractivity contribution >= 4 is 0 Å². The number of allylic oxidation sites excluding steroid dienone is 1. The molecule has 0 aromatic carbocycles. The highest BCUT2D eigenvalue weighted by atomic mass is 16.5. The lowest BCUT2D eigenvalue weighted by Crippen LogP contribution is -2.46. The maximum atomic E-state index is 5.70. The monoisotopic (exact) mass is 246 g/mol. The van der Waals surface area contributed by atoms with E-state index in [0.717, 1.165) is 19.8 Å². The molecular formula is C15H22N2O. The van der Waals surface area contributed by atoms with Crippen molar-refractivity contribution < 1.29 is 4.74 Å². The Labute approximate surface area is 109 Å². The van der Waals surface area contributed by atoms with Gasteiger partial charge in [-0.15, -0.1) is 0 Å². The first-order chi connectivity index (χ1) is 8.86. The van der Waals surface area contributed by atoms with Crippen molar-refractivity contribution in [3.63, 3.8) is 0 Å². The van der Waals surface area contributed by atoms with Crippen molar-refractivity contribution in [1.82, 2.24) is 9.47 Å². The van der Waals surface area contributed by atoms with Gasteiger partial charge in [0.25, 0.3) is 0 Å². The smallest absolute Gasteiger partial charge is 0.0742 e. The predicted octanol–water partition coefficient (Wildman–Crippen LogP) is 2.51. The van der Waals surface area contributed by atoms with E-state index >= 15 is 0 Å². The minimum absolute atomic E-state index is 0.409. The van der Waals surface area contributed by atoms with Crippen LogP contribution in [0.4, 0.5) is 0 Å². The molecule has 0 amide bonds. The number of aryl methyl sites for hydroxylation is 1. The molecule has 2 heterocycles. The zero-order valence-electron chi connectivity index (χ0n) is 11.1. The standard InChI is InChI=1S/C15H22N2O/c1-16-9-5-8-14(16)15-12-18-11-10-17(15)13-6-3-2-4-7-13/h3,5-6,8-9,13,15H,2,4,7,10-12H2,1H3/t13-,15-/m1/s1. The first kappa shape index (κ1) is 12.0. The van der Waals surface area contributed by atoms with Gasteiger partial charge in [-0.05, 0) is 31.4 Å². The molecule has 0 bridgehead atoms. The molecule has 1 aliphatic heterocycles. The Morgan fingerprint density at radius 1 is 1.39 bits per heavy atom. The van der Waals surface area contributed by atoms with Crippen molar-refractivity contribution in [3.8, 4) is 0 Å². The minimum Gasteiger partial charge on any atom is -0.378 e. The normalized spacial score (nSPS) is 29.6. The summed E-state index contributed by atoms with van der Waals surface area (Å²) in [5.74, 6) is 0. The third-order valence-corrected chi connectivity index (χ3v) is 4.15. The molecule has 0 saturated carbocycles. The average Bonchev–Trinajstić information content (AvgIpc) is 2.86. The number of hydrogen-bond donors (Lipinski definition) is 0. The molecule has 3 heteroatoms. The summed E-state index contributed by atoms with van der Waals surface area (Å²) in [4.78, 5) is 2.62. The van der Waals surface area contributed by atoms with Gasteiger partial charge in [0.2, 0.25) is 0 Å². The van der Waals surface area contributed by atoms with Crippen LogP contribution in [0.5, 0.6) is 0 Å². The highest BCUT2D eigenvalue weighted by Crippen LogP contribution is 2.29. The Hall–Kier alpha value is -1.06. The van der Waals surface area contributed by atoms with Gasteiger partial charge in [-0.1, -0.05) is 12.2 Å². The molecule has 2 atom stereocenters. The molecule has 3 rings (SSSR count). The van der Waals surface area contributed by atoms with E-state index < -0.39 is 0 Å². The lowest BCUT2D eigenvalue weighted by molar-refractivity contribution is -0.0260. The van der Waals surface area contributed by atoms with Gasteiger partial charge >= 0.3 is 0 Å². The van der Waals surface area contributed by atoms with Gasteiger partial charge in [0.05, 0.1) is 19.3 Å². The van der Waals surface area contributed by atoms with Crippen molar-refractivity contribution in [2.75, 3.05) is 19.8 Å². The SMILES string of the molecule is Cn1cccc1[C@H]1COCCN1[C@@H]1C=CCCC1. The van der Waals surface area contributed by atoms with Crippen LogP contribution < -0.4 is 0 Å².